The minimum Gasteiger partial charge on any atom is -0.379 e. The minimum atomic E-state index is 0. The molecule has 0 amide bonds. The lowest BCUT2D eigenvalue weighted by molar-refractivity contribution is 0.0315. The molecular formula is C18H35IN4O. The smallest absolute Gasteiger partial charge is 0.194 e. The van der Waals surface area contributed by atoms with Crippen LogP contribution in [-0.4, -0.2) is 74.3 Å². The summed E-state index contributed by atoms with van der Waals surface area (Å²) in [7, 11) is 0. The average Bonchev–Trinajstić information content (AvgIpc) is 3.12. The number of hydrogen-bond acceptors (Lipinski definition) is 3. The van der Waals surface area contributed by atoms with Crippen LogP contribution in [0.4, 0.5) is 0 Å². The summed E-state index contributed by atoms with van der Waals surface area (Å²) < 4.78 is 5.45. The maximum Gasteiger partial charge on any atom is 0.194 e. The summed E-state index contributed by atoms with van der Waals surface area (Å²) in [6.45, 7) is 12.9. The second-order valence-corrected chi connectivity index (χ2v) is 7.35. The van der Waals surface area contributed by atoms with Crippen LogP contribution in [-0.2, 0) is 4.74 Å². The second-order valence-electron chi connectivity index (χ2n) is 7.35. The summed E-state index contributed by atoms with van der Waals surface area (Å²) in [4.78, 5) is 9.83. The van der Waals surface area contributed by atoms with Crippen molar-refractivity contribution in [2.75, 3.05) is 52.5 Å². The van der Waals surface area contributed by atoms with Gasteiger partial charge in [-0.3, -0.25) is 9.89 Å². The Bertz CT molecular complexity index is 400. The summed E-state index contributed by atoms with van der Waals surface area (Å²) in [6, 6.07) is 0.679. The van der Waals surface area contributed by atoms with E-state index in [1.54, 1.807) is 0 Å². The van der Waals surface area contributed by atoms with Gasteiger partial charge in [0, 0.05) is 45.3 Å². The molecule has 2 saturated heterocycles. The van der Waals surface area contributed by atoms with Gasteiger partial charge in [0.2, 0.25) is 0 Å². The number of hydrogen-bond donors (Lipinski definition) is 1. The first-order valence-electron chi connectivity index (χ1n) is 9.66. The van der Waals surface area contributed by atoms with Gasteiger partial charge in [-0.15, -0.1) is 24.0 Å². The zero-order valence-electron chi connectivity index (χ0n) is 15.4. The van der Waals surface area contributed by atoms with Crippen molar-refractivity contribution in [3.63, 3.8) is 0 Å². The van der Waals surface area contributed by atoms with Gasteiger partial charge in [0.15, 0.2) is 5.96 Å². The van der Waals surface area contributed by atoms with Crippen molar-refractivity contribution in [2.24, 2.45) is 16.8 Å². The quantitative estimate of drug-likeness (QED) is 0.384. The Morgan fingerprint density at radius 3 is 2.71 bits per heavy atom. The van der Waals surface area contributed by atoms with Crippen LogP contribution in [0, 0.1) is 11.8 Å². The van der Waals surface area contributed by atoms with Crippen LogP contribution in [0.2, 0.25) is 0 Å². The predicted octanol–water partition coefficient (Wildman–Crippen LogP) is 2.41. The van der Waals surface area contributed by atoms with Crippen LogP contribution < -0.4 is 5.32 Å². The van der Waals surface area contributed by atoms with E-state index in [0.29, 0.717) is 6.04 Å². The van der Waals surface area contributed by atoms with Crippen molar-refractivity contribution >= 4 is 29.9 Å². The van der Waals surface area contributed by atoms with Crippen molar-refractivity contribution in [1.82, 2.24) is 15.1 Å². The van der Waals surface area contributed by atoms with Crippen LogP contribution in [0.15, 0.2) is 4.99 Å². The SMILES string of the molecule is CCCC1CC1NC(=NCC)N1CCC(CN2CCOCC2)C1.I. The Hall–Kier alpha value is -0.0800. The van der Waals surface area contributed by atoms with Crippen LogP contribution in [0.1, 0.15) is 39.5 Å². The van der Waals surface area contributed by atoms with E-state index in [1.807, 2.05) is 0 Å². The molecular weight excluding hydrogens is 415 g/mol. The van der Waals surface area contributed by atoms with E-state index in [9.17, 15) is 0 Å². The van der Waals surface area contributed by atoms with Gasteiger partial charge in [0.05, 0.1) is 13.2 Å². The number of likely N-dealkylation sites (tertiary alicyclic amines) is 1. The van der Waals surface area contributed by atoms with E-state index in [4.69, 9.17) is 9.73 Å². The van der Waals surface area contributed by atoms with E-state index >= 15 is 0 Å². The highest BCUT2D eigenvalue weighted by molar-refractivity contribution is 14.0. The van der Waals surface area contributed by atoms with E-state index in [0.717, 1.165) is 57.8 Å². The molecule has 1 aliphatic carbocycles. The van der Waals surface area contributed by atoms with Crippen molar-refractivity contribution in [3.8, 4) is 0 Å². The second kappa shape index (κ2) is 10.2. The number of ether oxygens (including phenoxy) is 1. The number of morpholine rings is 1. The Morgan fingerprint density at radius 1 is 1.21 bits per heavy atom. The topological polar surface area (TPSA) is 40.1 Å². The number of guanidine groups is 1. The number of nitrogens with zero attached hydrogens (tertiary/aromatic N) is 3. The molecule has 24 heavy (non-hydrogen) atoms. The van der Waals surface area contributed by atoms with Crippen molar-refractivity contribution in [2.45, 2.75) is 45.6 Å². The first kappa shape index (κ1) is 20.2. The highest BCUT2D eigenvalue weighted by Gasteiger charge is 2.38. The lowest BCUT2D eigenvalue weighted by atomic mass is 10.1. The van der Waals surface area contributed by atoms with E-state index in [2.05, 4.69) is 29.0 Å². The van der Waals surface area contributed by atoms with Gasteiger partial charge in [-0.1, -0.05) is 13.3 Å². The van der Waals surface area contributed by atoms with Gasteiger partial charge < -0.3 is 15.0 Å². The van der Waals surface area contributed by atoms with Crippen LogP contribution in [0.5, 0.6) is 0 Å². The van der Waals surface area contributed by atoms with Gasteiger partial charge in [-0.2, -0.15) is 0 Å². The first-order valence-corrected chi connectivity index (χ1v) is 9.66. The van der Waals surface area contributed by atoms with Gasteiger partial charge >= 0.3 is 0 Å². The number of nitrogens with one attached hydrogen (secondary N) is 1. The lowest BCUT2D eigenvalue weighted by Crippen LogP contribution is -2.43. The lowest BCUT2D eigenvalue weighted by Gasteiger charge is -2.29. The summed E-state index contributed by atoms with van der Waals surface area (Å²) in [5.74, 6) is 2.83. The summed E-state index contributed by atoms with van der Waals surface area (Å²) >= 11 is 0. The Balaban J connectivity index is 0.00000208. The molecule has 3 rings (SSSR count). The maximum atomic E-state index is 5.45. The van der Waals surface area contributed by atoms with Crippen LogP contribution in [0.25, 0.3) is 0 Å². The molecule has 6 heteroatoms. The monoisotopic (exact) mass is 450 g/mol. The molecule has 3 aliphatic rings. The summed E-state index contributed by atoms with van der Waals surface area (Å²) in [5, 5.41) is 3.74. The fourth-order valence-corrected chi connectivity index (χ4v) is 3.99. The summed E-state index contributed by atoms with van der Waals surface area (Å²) in [5.41, 5.74) is 0. The maximum absolute atomic E-state index is 5.45. The molecule has 0 bridgehead atoms. The zero-order valence-corrected chi connectivity index (χ0v) is 17.7. The van der Waals surface area contributed by atoms with E-state index in [-0.39, 0.29) is 24.0 Å². The molecule has 0 spiro atoms. The van der Waals surface area contributed by atoms with Gasteiger partial charge in [-0.25, -0.2) is 0 Å². The summed E-state index contributed by atoms with van der Waals surface area (Å²) in [6.07, 6.45) is 5.29. The molecule has 0 radical (unpaired) electrons. The molecule has 1 saturated carbocycles. The molecule has 3 fully saturated rings. The molecule has 140 valence electrons. The first-order chi connectivity index (χ1) is 11.3. The Kier molecular flexibility index (Phi) is 8.57. The third-order valence-corrected chi connectivity index (χ3v) is 5.41. The third-order valence-electron chi connectivity index (χ3n) is 5.41. The standard InChI is InChI=1S/C18H34N4O.HI/c1-3-5-16-12-17(16)20-18(19-4-2)22-7-6-15(14-22)13-21-8-10-23-11-9-21;/h15-17H,3-14H2,1-2H3,(H,19,20);1H. The molecule has 3 unspecified atom stereocenters. The number of aliphatic imine (C=N–C) groups is 1. The van der Waals surface area contributed by atoms with Crippen molar-refractivity contribution < 1.29 is 4.74 Å². The predicted molar refractivity (Wildman–Crippen MR) is 110 cm³/mol. The molecule has 0 aromatic rings. The van der Waals surface area contributed by atoms with Crippen molar-refractivity contribution in [3.05, 3.63) is 0 Å². The zero-order chi connectivity index (χ0) is 16.1. The van der Waals surface area contributed by atoms with Crippen LogP contribution >= 0.6 is 24.0 Å². The molecule has 0 aromatic carbocycles. The molecule has 3 atom stereocenters. The molecule has 0 aromatic heterocycles. The Morgan fingerprint density at radius 2 is 2.00 bits per heavy atom. The minimum absolute atomic E-state index is 0. The fourth-order valence-electron chi connectivity index (χ4n) is 3.99. The number of rotatable bonds is 6. The van der Waals surface area contributed by atoms with Crippen LogP contribution in [0.3, 0.4) is 0 Å². The van der Waals surface area contributed by atoms with E-state index in [1.165, 1.54) is 38.2 Å². The third kappa shape index (κ3) is 5.73. The van der Waals surface area contributed by atoms with Gasteiger partial charge in [0.25, 0.3) is 0 Å². The molecule has 5 nitrogen and oxygen atoms in total. The number of halogens is 1. The van der Waals surface area contributed by atoms with Gasteiger partial charge in [-0.05, 0) is 38.0 Å². The molecule has 2 heterocycles. The normalized spacial score (nSPS) is 31.0. The Labute approximate surface area is 164 Å². The largest absolute Gasteiger partial charge is 0.379 e. The molecule has 2 aliphatic heterocycles. The highest BCUT2D eigenvalue weighted by atomic mass is 127. The van der Waals surface area contributed by atoms with Gasteiger partial charge in [0.1, 0.15) is 0 Å². The fraction of sp³-hybridized carbons (Fsp3) is 0.944. The average molecular weight is 450 g/mol. The van der Waals surface area contributed by atoms with Crippen molar-refractivity contribution in [1.29, 1.82) is 0 Å². The molecule has 1 N–H and O–H groups in total. The highest BCUT2D eigenvalue weighted by Crippen LogP contribution is 2.34. The van der Waals surface area contributed by atoms with E-state index < -0.39 is 0 Å².